The Morgan fingerprint density at radius 1 is 1.37 bits per heavy atom. The van der Waals surface area contributed by atoms with Gasteiger partial charge in [0, 0.05) is 19.7 Å². The van der Waals surface area contributed by atoms with Crippen LogP contribution in [0.15, 0.2) is 35.4 Å². The van der Waals surface area contributed by atoms with Gasteiger partial charge in [0.25, 0.3) is 0 Å². The Balaban J connectivity index is 2.44. The van der Waals surface area contributed by atoms with Crippen LogP contribution >= 0.6 is 35.0 Å². The average molecular weight is 321 g/mol. The highest BCUT2D eigenvalue weighted by Gasteiger charge is 2.09. The van der Waals surface area contributed by atoms with Crippen molar-refractivity contribution in [1.82, 2.24) is 9.97 Å². The highest BCUT2D eigenvalue weighted by Crippen LogP contribution is 2.33. The third-order valence-corrected chi connectivity index (χ3v) is 3.31. The smallest absolute Gasteiger partial charge is 0.224 e. The van der Waals surface area contributed by atoms with Crippen molar-refractivity contribution in [2.24, 2.45) is 0 Å². The molecule has 0 radical (unpaired) electrons. The number of hydrogen-bond acceptors (Lipinski definition) is 4. The van der Waals surface area contributed by atoms with Crippen LogP contribution in [0.2, 0.25) is 10.3 Å². The highest BCUT2D eigenvalue weighted by molar-refractivity contribution is 8.00. The molecule has 0 amide bonds. The second-order valence-corrected chi connectivity index (χ2v) is 5.19. The number of aromatic nitrogens is 2. The van der Waals surface area contributed by atoms with Crippen LogP contribution in [-0.2, 0) is 0 Å². The van der Waals surface area contributed by atoms with Gasteiger partial charge in [-0.2, -0.15) is 4.98 Å². The summed E-state index contributed by atoms with van der Waals surface area (Å²) in [5.74, 6) is 0.165. The zero-order chi connectivity index (χ0) is 19.8. The third kappa shape index (κ3) is 4.00. The van der Waals surface area contributed by atoms with Crippen molar-refractivity contribution in [2.75, 3.05) is 5.32 Å². The summed E-state index contributed by atoms with van der Waals surface area (Å²) in [4.78, 5) is 7.90. The van der Waals surface area contributed by atoms with Crippen molar-refractivity contribution < 1.29 is 9.60 Å². The molecule has 0 saturated heterocycles. The molecular formula is C13H13Cl2N3S. The van der Waals surface area contributed by atoms with Crippen molar-refractivity contribution >= 4 is 46.5 Å². The van der Waals surface area contributed by atoms with E-state index in [9.17, 15) is 0 Å². The predicted octanol–water partition coefficient (Wildman–Crippen LogP) is 5.03. The van der Waals surface area contributed by atoms with Gasteiger partial charge in [0.2, 0.25) is 5.28 Å². The molecule has 0 bridgehead atoms. The van der Waals surface area contributed by atoms with Gasteiger partial charge in [-0.15, -0.1) is 11.8 Å². The van der Waals surface area contributed by atoms with Gasteiger partial charge in [0.1, 0.15) is 5.02 Å². The SMILES string of the molecule is [2H]C([2H])([2H])C([2H])(Sc1ccccc1Nc1nc(Cl)ncc1Cl)C([2H])([2H])[2H]. The predicted molar refractivity (Wildman–Crippen MR) is 82.8 cm³/mol. The maximum Gasteiger partial charge on any atom is 0.224 e. The van der Waals surface area contributed by atoms with Crippen LogP contribution in [0, 0.1) is 0 Å². The Kier molecular flexibility index (Phi) is 2.62. The molecule has 3 nitrogen and oxygen atoms in total. The summed E-state index contributed by atoms with van der Waals surface area (Å²) >= 11 is 12.2. The summed E-state index contributed by atoms with van der Waals surface area (Å²) in [7, 11) is 0. The van der Waals surface area contributed by atoms with Crippen molar-refractivity contribution in [3.63, 3.8) is 0 Å². The minimum Gasteiger partial charge on any atom is -0.338 e. The largest absolute Gasteiger partial charge is 0.338 e. The second kappa shape index (κ2) is 6.46. The van der Waals surface area contributed by atoms with Crippen molar-refractivity contribution in [3.8, 4) is 0 Å². The Morgan fingerprint density at radius 3 is 2.95 bits per heavy atom. The standard InChI is InChI=1S/C13H13Cl2N3S/c1-8(2)19-11-6-4-3-5-10(11)17-12-9(14)7-16-13(15)18-12/h3-8H,1-2H3,(H,16,17,18)/i1D3,2D3,8D. The summed E-state index contributed by atoms with van der Waals surface area (Å²) in [6, 6.07) is 6.33. The highest BCUT2D eigenvalue weighted by atomic mass is 35.5. The first kappa shape index (κ1) is 7.72. The van der Waals surface area contributed by atoms with Crippen molar-refractivity contribution in [1.29, 1.82) is 0 Å². The molecule has 100 valence electrons. The summed E-state index contributed by atoms with van der Waals surface area (Å²) in [5.41, 5.74) is 0.333. The molecule has 1 aromatic carbocycles. The summed E-state index contributed by atoms with van der Waals surface area (Å²) in [6.07, 6.45) is 1.29. The number of thioether (sulfide) groups is 1. The van der Waals surface area contributed by atoms with Gasteiger partial charge in [-0.3, -0.25) is 0 Å². The maximum absolute atomic E-state index is 8.15. The number of nitrogens with zero attached hydrogens (tertiary/aromatic N) is 2. The fourth-order valence-corrected chi connectivity index (χ4v) is 2.20. The lowest BCUT2D eigenvalue weighted by molar-refractivity contribution is 1.11. The molecule has 6 heteroatoms. The number of halogens is 2. The zero-order valence-corrected chi connectivity index (χ0v) is 11.8. The lowest BCUT2D eigenvalue weighted by atomic mass is 10.3. The van der Waals surface area contributed by atoms with Gasteiger partial charge in [0.05, 0.1) is 11.9 Å². The third-order valence-electron chi connectivity index (χ3n) is 2.07. The molecule has 1 heterocycles. The number of para-hydroxylation sites is 1. The molecule has 0 saturated carbocycles. The first-order valence-corrected chi connectivity index (χ1v) is 6.65. The lowest BCUT2D eigenvalue weighted by Gasteiger charge is -2.13. The summed E-state index contributed by atoms with van der Waals surface area (Å²) < 4.78 is 53.3. The molecule has 1 N–H and O–H groups in total. The normalized spacial score (nSPS) is 18.1. The molecule has 0 aliphatic heterocycles. The van der Waals surface area contributed by atoms with E-state index < -0.39 is 18.9 Å². The van der Waals surface area contributed by atoms with Crippen LogP contribution in [0.4, 0.5) is 11.5 Å². The molecule has 0 spiro atoms. The summed E-state index contributed by atoms with van der Waals surface area (Å²) in [6.45, 7) is -6.10. The molecular weight excluding hydrogens is 301 g/mol. The van der Waals surface area contributed by atoms with E-state index in [2.05, 4.69) is 15.3 Å². The Hall–Kier alpha value is -0.970. The monoisotopic (exact) mass is 320 g/mol. The van der Waals surface area contributed by atoms with Gasteiger partial charge in [-0.1, -0.05) is 37.4 Å². The fraction of sp³-hybridized carbons (Fsp3) is 0.231. The van der Waals surface area contributed by atoms with E-state index in [0.29, 0.717) is 17.4 Å². The van der Waals surface area contributed by atoms with E-state index in [-0.39, 0.29) is 21.0 Å². The molecule has 0 atom stereocenters. The number of benzene rings is 1. The van der Waals surface area contributed by atoms with Gasteiger partial charge >= 0.3 is 0 Å². The van der Waals surface area contributed by atoms with Gasteiger partial charge in [-0.25, -0.2) is 4.98 Å². The van der Waals surface area contributed by atoms with E-state index in [1.54, 1.807) is 18.2 Å². The lowest BCUT2D eigenvalue weighted by Crippen LogP contribution is -1.98. The number of hydrogen-bond donors (Lipinski definition) is 1. The van der Waals surface area contributed by atoms with E-state index in [4.69, 9.17) is 32.8 Å². The van der Waals surface area contributed by atoms with Crippen LogP contribution in [0.5, 0.6) is 0 Å². The van der Waals surface area contributed by atoms with Crippen LogP contribution in [-0.4, -0.2) is 15.2 Å². The molecule has 0 aliphatic rings. The van der Waals surface area contributed by atoms with Gasteiger partial charge in [0.15, 0.2) is 5.82 Å². The quantitative estimate of drug-likeness (QED) is 0.633. The number of anilines is 2. The second-order valence-electron chi connectivity index (χ2n) is 3.39. The summed E-state index contributed by atoms with van der Waals surface area (Å²) in [5, 5.41) is 0.220. The Morgan fingerprint density at radius 2 is 2.16 bits per heavy atom. The number of nitrogens with one attached hydrogen (secondary N) is 1. The minimum absolute atomic E-state index is 0.0538. The van der Waals surface area contributed by atoms with E-state index in [0.717, 1.165) is 0 Å². The first-order chi connectivity index (χ1) is 11.8. The van der Waals surface area contributed by atoms with Crippen LogP contribution in [0.3, 0.4) is 0 Å². The zero-order valence-electron chi connectivity index (χ0n) is 16.4. The van der Waals surface area contributed by atoms with E-state index in [1.165, 1.54) is 12.3 Å². The average Bonchev–Trinajstić information content (AvgIpc) is 2.50. The van der Waals surface area contributed by atoms with E-state index >= 15 is 0 Å². The molecule has 2 rings (SSSR count). The van der Waals surface area contributed by atoms with Crippen molar-refractivity contribution in [3.05, 3.63) is 40.8 Å². The molecule has 0 aliphatic carbocycles. The van der Waals surface area contributed by atoms with Gasteiger partial charge < -0.3 is 5.32 Å². The van der Waals surface area contributed by atoms with Crippen LogP contribution < -0.4 is 5.32 Å². The molecule has 19 heavy (non-hydrogen) atoms. The van der Waals surface area contributed by atoms with Crippen LogP contribution in [0.25, 0.3) is 0 Å². The molecule has 1 aromatic heterocycles. The molecule has 0 unspecified atom stereocenters. The number of rotatable bonds is 4. The fourth-order valence-electron chi connectivity index (χ4n) is 1.33. The molecule has 0 fully saturated rings. The molecule has 2 aromatic rings. The van der Waals surface area contributed by atoms with Crippen LogP contribution in [0.1, 0.15) is 23.3 Å². The van der Waals surface area contributed by atoms with E-state index in [1.807, 2.05) is 0 Å². The first-order valence-electron chi connectivity index (χ1n) is 8.58. The maximum atomic E-state index is 8.15. The topological polar surface area (TPSA) is 37.8 Å². The van der Waals surface area contributed by atoms with Crippen molar-refractivity contribution in [2.45, 2.75) is 23.8 Å². The Labute approximate surface area is 136 Å². The Bertz CT molecular complexity index is 784. The van der Waals surface area contributed by atoms with Gasteiger partial charge in [-0.05, 0) is 23.7 Å². The minimum atomic E-state index is -3.05.